The molecule has 2 heterocycles. The van der Waals surface area contributed by atoms with Crippen LogP contribution in [0.25, 0.3) is 11.1 Å². The van der Waals surface area contributed by atoms with Crippen molar-refractivity contribution < 1.29 is 9.18 Å². The molecule has 0 aliphatic carbocycles. The van der Waals surface area contributed by atoms with E-state index >= 15 is 0 Å². The van der Waals surface area contributed by atoms with Crippen LogP contribution in [0.15, 0.2) is 36.7 Å². The number of benzene rings is 1. The zero-order valence-electron chi connectivity index (χ0n) is 15.1. The lowest BCUT2D eigenvalue weighted by Gasteiger charge is -2.32. The maximum absolute atomic E-state index is 13.4. The molecule has 1 fully saturated rings. The van der Waals surface area contributed by atoms with E-state index in [1.165, 1.54) is 12.1 Å². The van der Waals surface area contributed by atoms with Crippen molar-refractivity contribution in [1.82, 2.24) is 15.3 Å². The van der Waals surface area contributed by atoms with Gasteiger partial charge in [0.2, 0.25) is 11.9 Å². The Morgan fingerprint density at radius 2 is 2.12 bits per heavy atom. The SMILES string of the molecule is CCCCNC(=O)[C@@H]1CCCN(c2ncc(-c3cccc(F)c3)cn2)C1. The largest absolute Gasteiger partial charge is 0.356 e. The smallest absolute Gasteiger partial charge is 0.225 e. The van der Waals surface area contributed by atoms with E-state index in [9.17, 15) is 9.18 Å². The lowest BCUT2D eigenvalue weighted by atomic mass is 9.97. The van der Waals surface area contributed by atoms with Crippen LogP contribution < -0.4 is 10.2 Å². The Morgan fingerprint density at radius 3 is 2.85 bits per heavy atom. The molecule has 6 heteroatoms. The first-order valence-electron chi connectivity index (χ1n) is 9.28. The standard InChI is InChI=1S/C20H25FN4O/c1-2-3-9-22-19(26)16-7-5-10-25(14-16)20-23-12-17(13-24-20)15-6-4-8-18(21)11-15/h4,6,8,11-13,16H,2-3,5,7,9-10,14H2,1H3,(H,22,26)/t16-/m1/s1. The summed E-state index contributed by atoms with van der Waals surface area (Å²) in [5.41, 5.74) is 1.53. The van der Waals surface area contributed by atoms with Gasteiger partial charge < -0.3 is 10.2 Å². The molecule has 0 radical (unpaired) electrons. The molecule has 1 aromatic heterocycles. The normalized spacial score (nSPS) is 17.2. The summed E-state index contributed by atoms with van der Waals surface area (Å²) in [6.45, 7) is 4.33. The summed E-state index contributed by atoms with van der Waals surface area (Å²) in [6.07, 6.45) is 7.34. The Morgan fingerprint density at radius 1 is 1.31 bits per heavy atom. The zero-order valence-corrected chi connectivity index (χ0v) is 15.1. The molecule has 0 unspecified atom stereocenters. The predicted octanol–water partition coefficient (Wildman–Crippen LogP) is 3.42. The number of rotatable bonds is 6. The molecule has 3 rings (SSSR count). The minimum Gasteiger partial charge on any atom is -0.356 e. The molecule has 1 atom stereocenters. The number of nitrogens with one attached hydrogen (secondary N) is 1. The van der Waals surface area contributed by atoms with Gasteiger partial charge in [-0.2, -0.15) is 0 Å². The number of piperidine rings is 1. The summed E-state index contributed by atoms with van der Waals surface area (Å²) in [4.78, 5) is 23.2. The van der Waals surface area contributed by atoms with Crippen LogP contribution in [0.4, 0.5) is 10.3 Å². The Hall–Kier alpha value is -2.50. The van der Waals surface area contributed by atoms with Crippen molar-refractivity contribution in [3.8, 4) is 11.1 Å². The molecule has 2 aromatic rings. The first-order chi connectivity index (χ1) is 12.7. The molecule has 1 amide bonds. The van der Waals surface area contributed by atoms with Crippen LogP contribution >= 0.6 is 0 Å². The fourth-order valence-electron chi connectivity index (χ4n) is 3.21. The van der Waals surface area contributed by atoms with Gasteiger partial charge in [-0.15, -0.1) is 0 Å². The summed E-state index contributed by atoms with van der Waals surface area (Å²) in [5.74, 6) is 0.447. The molecule has 1 aliphatic rings. The zero-order chi connectivity index (χ0) is 18.4. The van der Waals surface area contributed by atoms with Crippen molar-refractivity contribution in [2.24, 2.45) is 5.92 Å². The van der Waals surface area contributed by atoms with Gasteiger partial charge in [0.15, 0.2) is 0 Å². The number of anilines is 1. The minimum atomic E-state index is -0.278. The number of aromatic nitrogens is 2. The average molecular weight is 356 g/mol. The Labute approximate surface area is 153 Å². The molecular weight excluding hydrogens is 331 g/mol. The topological polar surface area (TPSA) is 58.1 Å². The molecule has 0 saturated carbocycles. The number of nitrogens with zero attached hydrogens (tertiary/aromatic N) is 3. The van der Waals surface area contributed by atoms with E-state index in [0.29, 0.717) is 12.5 Å². The molecule has 1 aromatic carbocycles. The number of carbonyl (C=O) groups is 1. The van der Waals surface area contributed by atoms with Gasteiger partial charge in [0.1, 0.15) is 5.82 Å². The Kier molecular flexibility index (Phi) is 6.15. The lowest BCUT2D eigenvalue weighted by Crippen LogP contribution is -2.43. The maximum Gasteiger partial charge on any atom is 0.225 e. The summed E-state index contributed by atoms with van der Waals surface area (Å²) in [5, 5.41) is 3.02. The third-order valence-corrected chi connectivity index (χ3v) is 4.70. The quantitative estimate of drug-likeness (QED) is 0.806. The van der Waals surface area contributed by atoms with Gasteiger partial charge >= 0.3 is 0 Å². The van der Waals surface area contributed by atoms with E-state index in [-0.39, 0.29) is 17.6 Å². The van der Waals surface area contributed by atoms with E-state index in [2.05, 4.69) is 27.1 Å². The Bertz CT molecular complexity index is 735. The van der Waals surface area contributed by atoms with Crippen molar-refractivity contribution >= 4 is 11.9 Å². The van der Waals surface area contributed by atoms with Crippen LogP contribution in [0.1, 0.15) is 32.6 Å². The predicted molar refractivity (Wildman–Crippen MR) is 100 cm³/mol. The molecular formula is C20H25FN4O. The Balaban J connectivity index is 1.64. The van der Waals surface area contributed by atoms with Crippen LogP contribution in [-0.2, 0) is 4.79 Å². The van der Waals surface area contributed by atoms with Gasteiger partial charge in [-0.3, -0.25) is 4.79 Å². The van der Waals surface area contributed by atoms with Crippen LogP contribution in [-0.4, -0.2) is 35.5 Å². The number of carbonyl (C=O) groups excluding carboxylic acids is 1. The summed E-state index contributed by atoms with van der Waals surface area (Å²) in [7, 11) is 0. The number of hydrogen-bond acceptors (Lipinski definition) is 4. The van der Waals surface area contributed by atoms with E-state index in [4.69, 9.17) is 0 Å². The van der Waals surface area contributed by atoms with E-state index in [1.54, 1.807) is 18.5 Å². The highest BCUT2D eigenvalue weighted by Crippen LogP contribution is 2.23. The van der Waals surface area contributed by atoms with Gasteiger partial charge in [0.25, 0.3) is 0 Å². The van der Waals surface area contributed by atoms with Crippen LogP contribution in [0.3, 0.4) is 0 Å². The second-order valence-corrected chi connectivity index (χ2v) is 6.71. The molecule has 5 nitrogen and oxygen atoms in total. The fourth-order valence-corrected chi connectivity index (χ4v) is 3.21. The summed E-state index contributed by atoms with van der Waals surface area (Å²) < 4.78 is 13.4. The van der Waals surface area contributed by atoms with Crippen LogP contribution in [0.5, 0.6) is 0 Å². The van der Waals surface area contributed by atoms with Gasteiger partial charge in [-0.25, -0.2) is 14.4 Å². The number of unbranched alkanes of at least 4 members (excludes halogenated alkanes) is 1. The summed E-state index contributed by atoms with van der Waals surface area (Å²) in [6, 6.07) is 6.39. The second-order valence-electron chi connectivity index (χ2n) is 6.71. The fraction of sp³-hybridized carbons (Fsp3) is 0.450. The van der Waals surface area contributed by atoms with E-state index < -0.39 is 0 Å². The first kappa shape index (κ1) is 18.3. The average Bonchev–Trinajstić information content (AvgIpc) is 2.68. The number of hydrogen-bond donors (Lipinski definition) is 1. The highest BCUT2D eigenvalue weighted by atomic mass is 19.1. The highest BCUT2D eigenvalue weighted by molar-refractivity contribution is 5.79. The first-order valence-corrected chi connectivity index (χ1v) is 9.28. The van der Waals surface area contributed by atoms with Gasteiger partial charge in [-0.1, -0.05) is 25.5 Å². The third-order valence-electron chi connectivity index (χ3n) is 4.70. The van der Waals surface area contributed by atoms with Crippen LogP contribution in [0.2, 0.25) is 0 Å². The molecule has 0 bridgehead atoms. The van der Waals surface area contributed by atoms with Crippen LogP contribution in [0, 0.1) is 11.7 Å². The molecule has 26 heavy (non-hydrogen) atoms. The van der Waals surface area contributed by atoms with Crippen molar-refractivity contribution in [3.05, 3.63) is 42.5 Å². The molecule has 1 aliphatic heterocycles. The minimum absolute atomic E-state index is 0.0212. The maximum atomic E-state index is 13.4. The molecule has 1 saturated heterocycles. The van der Waals surface area contributed by atoms with Crippen molar-refractivity contribution in [2.45, 2.75) is 32.6 Å². The van der Waals surface area contributed by atoms with Gasteiger partial charge in [0.05, 0.1) is 5.92 Å². The van der Waals surface area contributed by atoms with Crippen molar-refractivity contribution in [1.29, 1.82) is 0 Å². The van der Waals surface area contributed by atoms with Crippen molar-refractivity contribution in [3.63, 3.8) is 0 Å². The third kappa shape index (κ3) is 4.56. The molecule has 1 N–H and O–H groups in total. The molecule has 138 valence electrons. The van der Waals surface area contributed by atoms with Gasteiger partial charge in [0, 0.05) is 37.6 Å². The second kappa shape index (κ2) is 8.74. The van der Waals surface area contributed by atoms with Gasteiger partial charge in [-0.05, 0) is 37.0 Å². The van der Waals surface area contributed by atoms with E-state index in [0.717, 1.165) is 49.9 Å². The number of amides is 1. The monoisotopic (exact) mass is 356 g/mol. The van der Waals surface area contributed by atoms with E-state index in [1.807, 2.05) is 6.07 Å². The molecule has 0 spiro atoms. The number of halogens is 1. The highest BCUT2D eigenvalue weighted by Gasteiger charge is 2.26. The van der Waals surface area contributed by atoms with Crippen molar-refractivity contribution in [2.75, 3.05) is 24.5 Å². The lowest BCUT2D eigenvalue weighted by molar-refractivity contribution is -0.125. The summed E-state index contributed by atoms with van der Waals surface area (Å²) >= 11 is 0.